The molecule has 1 unspecified atom stereocenters. The minimum absolute atomic E-state index is 1.03. The lowest BCUT2D eigenvalue weighted by atomic mass is 10.2. The third kappa shape index (κ3) is 2.07. The number of hydrogen-bond acceptors (Lipinski definition) is 1. The van der Waals surface area contributed by atoms with Crippen LogP contribution in [0.1, 0.15) is 18.9 Å². The normalized spacial score (nSPS) is 9.80. The van der Waals surface area contributed by atoms with Gasteiger partial charge in [0.2, 0.25) is 0 Å². The standard InChI is InChI=1S/C8H12NP/c1-2-3-7-4-5-9-8(10)6-7/h4-6H,2-3,10H2,1H3. The van der Waals surface area contributed by atoms with Gasteiger partial charge in [0.15, 0.2) is 0 Å². The van der Waals surface area contributed by atoms with E-state index in [0.717, 1.165) is 11.9 Å². The van der Waals surface area contributed by atoms with Gasteiger partial charge in [-0.1, -0.05) is 22.6 Å². The van der Waals surface area contributed by atoms with Crippen molar-refractivity contribution in [1.82, 2.24) is 4.98 Å². The van der Waals surface area contributed by atoms with Crippen LogP contribution in [0.3, 0.4) is 0 Å². The average Bonchev–Trinajstić information content (AvgIpc) is 1.88. The van der Waals surface area contributed by atoms with Crippen molar-refractivity contribution >= 4 is 14.7 Å². The van der Waals surface area contributed by atoms with Gasteiger partial charge in [-0.05, 0) is 24.1 Å². The highest BCUT2D eigenvalue weighted by Gasteiger charge is 1.90. The van der Waals surface area contributed by atoms with E-state index in [-0.39, 0.29) is 0 Å². The fourth-order valence-electron chi connectivity index (χ4n) is 0.939. The Morgan fingerprint density at radius 3 is 3.00 bits per heavy atom. The van der Waals surface area contributed by atoms with E-state index >= 15 is 0 Å². The van der Waals surface area contributed by atoms with E-state index < -0.39 is 0 Å². The van der Waals surface area contributed by atoms with E-state index in [0.29, 0.717) is 0 Å². The molecule has 0 bridgehead atoms. The van der Waals surface area contributed by atoms with Crippen molar-refractivity contribution in [2.75, 3.05) is 0 Å². The van der Waals surface area contributed by atoms with Gasteiger partial charge in [0.25, 0.3) is 0 Å². The topological polar surface area (TPSA) is 12.9 Å². The van der Waals surface area contributed by atoms with Gasteiger partial charge in [-0.2, -0.15) is 0 Å². The van der Waals surface area contributed by atoms with Crippen LogP contribution in [0.5, 0.6) is 0 Å². The molecule has 54 valence electrons. The summed E-state index contributed by atoms with van der Waals surface area (Å²) in [6, 6.07) is 4.17. The second-order valence-corrected chi connectivity index (χ2v) is 2.93. The van der Waals surface area contributed by atoms with Crippen molar-refractivity contribution in [3.63, 3.8) is 0 Å². The van der Waals surface area contributed by atoms with Gasteiger partial charge in [-0.3, -0.25) is 4.98 Å². The summed E-state index contributed by atoms with van der Waals surface area (Å²) in [4.78, 5) is 4.09. The van der Waals surface area contributed by atoms with Crippen LogP contribution >= 0.6 is 9.24 Å². The van der Waals surface area contributed by atoms with Crippen LogP contribution in [0.15, 0.2) is 18.3 Å². The lowest BCUT2D eigenvalue weighted by Crippen LogP contribution is -1.97. The van der Waals surface area contributed by atoms with E-state index in [1.807, 2.05) is 6.20 Å². The maximum Gasteiger partial charge on any atom is 0.0571 e. The zero-order valence-corrected chi connectivity index (χ0v) is 7.33. The van der Waals surface area contributed by atoms with Crippen LogP contribution < -0.4 is 5.44 Å². The summed E-state index contributed by atoms with van der Waals surface area (Å²) in [5.41, 5.74) is 2.41. The van der Waals surface area contributed by atoms with Crippen LogP contribution in [0.4, 0.5) is 0 Å². The third-order valence-electron chi connectivity index (χ3n) is 1.38. The van der Waals surface area contributed by atoms with Crippen LogP contribution in [-0.2, 0) is 6.42 Å². The zero-order chi connectivity index (χ0) is 7.40. The summed E-state index contributed by atoms with van der Waals surface area (Å²) in [5, 5.41) is 0. The quantitative estimate of drug-likeness (QED) is 0.587. The van der Waals surface area contributed by atoms with Gasteiger partial charge in [-0.15, -0.1) is 0 Å². The van der Waals surface area contributed by atoms with Gasteiger partial charge in [0.05, 0.1) is 5.44 Å². The van der Waals surface area contributed by atoms with Crippen LogP contribution in [-0.4, -0.2) is 4.98 Å². The third-order valence-corrected chi connectivity index (χ3v) is 1.70. The molecule has 10 heavy (non-hydrogen) atoms. The Hall–Kier alpha value is -0.420. The lowest BCUT2D eigenvalue weighted by Gasteiger charge is -1.97. The Kier molecular flexibility index (Phi) is 2.82. The van der Waals surface area contributed by atoms with Crippen LogP contribution in [0, 0.1) is 0 Å². The smallest absolute Gasteiger partial charge is 0.0571 e. The minimum atomic E-state index is 1.03. The summed E-state index contributed by atoms with van der Waals surface area (Å²) in [7, 11) is 2.60. The molecule has 0 saturated carbocycles. The molecule has 1 nitrogen and oxygen atoms in total. The van der Waals surface area contributed by atoms with Crippen molar-refractivity contribution in [2.24, 2.45) is 0 Å². The Morgan fingerprint density at radius 2 is 2.40 bits per heavy atom. The maximum atomic E-state index is 4.09. The molecule has 0 saturated heterocycles. The molecule has 1 atom stereocenters. The van der Waals surface area contributed by atoms with E-state index in [1.54, 1.807) is 0 Å². The molecule has 0 aromatic carbocycles. The van der Waals surface area contributed by atoms with Crippen LogP contribution in [0.25, 0.3) is 0 Å². The monoisotopic (exact) mass is 153 g/mol. The maximum absolute atomic E-state index is 4.09. The summed E-state index contributed by atoms with van der Waals surface area (Å²) in [5.74, 6) is 0. The molecule has 1 heterocycles. The molecule has 0 fully saturated rings. The molecule has 1 rings (SSSR count). The molecular weight excluding hydrogens is 141 g/mol. The summed E-state index contributed by atoms with van der Waals surface area (Å²) < 4.78 is 0. The van der Waals surface area contributed by atoms with Crippen molar-refractivity contribution < 1.29 is 0 Å². The molecular formula is C8H12NP. The second-order valence-electron chi connectivity index (χ2n) is 2.34. The Morgan fingerprint density at radius 1 is 1.60 bits per heavy atom. The van der Waals surface area contributed by atoms with Gasteiger partial charge in [-0.25, -0.2) is 0 Å². The van der Waals surface area contributed by atoms with Crippen molar-refractivity contribution in [3.8, 4) is 0 Å². The first-order valence-electron chi connectivity index (χ1n) is 3.53. The molecule has 0 spiro atoms. The largest absolute Gasteiger partial charge is 0.257 e. The first-order chi connectivity index (χ1) is 4.83. The van der Waals surface area contributed by atoms with Crippen molar-refractivity contribution in [2.45, 2.75) is 19.8 Å². The first kappa shape index (κ1) is 7.68. The van der Waals surface area contributed by atoms with E-state index in [1.165, 1.54) is 12.0 Å². The van der Waals surface area contributed by atoms with Gasteiger partial charge in [0, 0.05) is 6.20 Å². The highest BCUT2D eigenvalue weighted by Crippen LogP contribution is 1.99. The van der Waals surface area contributed by atoms with E-state index in [4.69, 9.17) is 0 Å². The molecule has 0 aliphatic carbocycles. The molecule has 1 aromatic rings. The Balaban J connectivity index is 2.75. The second kappa shape index (κ2) is 3.68. The molecule has 0 amide bonds. The fourth-order valence-corrected chi connectivity index (χ4v) is 1.24. The average molecular weight is 153 g/mol. The molecule has 1 aromatic heterocycles. The predicted molar refractivity (Wildman–Crippen MR) is 47.6 cm³/mol. The number of rotatable bonds is 2. The van der Waals surface area contributed by atoms with Gasteiger partial charge >= 0.3 is 0 Å². The minimum Gasteiger partial charge on any atom is -0.257 e. The first-order valence-corrected chi connectivity index (χ1v) is 4.11. The van der Waals surface area contributed by atoms with Gasteiger partial charge in [0.1, 0.15) is 0 Å². The number of aromatic nitrogens is 1. The molecule has 2 heteroatoms. The van der Waals surface area contributed by atoms with Crippen LogP contribution in [0.2, 0.25) is 0 Å². The van der Waals surface area contributed by atoms with Gasteiger partial charge < -0.3 is 0 Å². The molecule has 0 aliphatic heterocycles. The summed E-state index contributed by atoms with van der Waals surface area (Å²) in [6.07, 6.45) is 4.21. The Labute approximate surface area is 64.1 Å². The molecule has 0 aliphatic rings. The lowest BCUT2D eigenvalue weighted by molar-refractivity contribution is 0.920. The number of hydrogen-bond donors (Lipinski definition) is 0. The molecule has 0 N–H and O–H groups in total. The van der Waals surface area contributed by atoms with E-state index in [2.05, 4.69) is 33.3 Å². The zero-order valence-electron chi connectivity index (χ0n) is 6.17. The fraction of sp³-hybridized carbons (Fsp3) is 0.375. The highest BCUT2D eigenvalue weighted by molar-refractivity contribution is 7.26. The SMILES string of the molecule is CCCc1ccnc(P)c1. The number of pyridine rings is 1. The van der Waals surface area contributed by atoms with Crippen molar-refractivity contribution in [1.29, 1.82) is 0 Å². The van der Waals surface area contributed by atoms with E-state index in [9.17, 15) is 0 Å². The Bertz CT molecular complexity index is 210. The van der Waals surface area contributed by atoms with Crippen molar-refractivity contribution in [3.05, 3.63) is 23.9 Å². The number of nitrogens with zero attached hydrogens (tertiary/aromatic N) is 1. The summed E-state index contributed by atoms with van der Waals surface area (Å²) >= 11 is 0. The predicted octanol–water partition coefficient (Wildman–Crippen LogP) is 1.53. The number of aryl methyl sites for hydroxylation is 1. The summed E-state index contributed by atoms with van der Waals surface area (Å²) in [6.45, 7) is 2.18. The highest BCUT2D eigenvalue weighted by atomic mass is 31.0. The molecule has 0 radical (unpaired) electrons.